The average molecular weight is 1360 g/mol. The van der Waals surface area contributed by atoms with Gasteiger partial charge in [0, 0.05) is 24.3 Å². The Morgan fingerprint density at radius 2 is 0.916 bits per heavy atom. The highest BCUT2D eigenvalue weighted by Crippen LogP contribution is 2.18. The summed E-state index contributed by atoms with van der Waals surface area (Å²) in [7, 11) is 0. The van der Waals surface area contributed by atoms with Gasteiger partial charge in [-0.15, -0.1) is 11.3 Å². The number of nitrogens with zero attached hydrogens (tertiary/aromatic N) is 1. The topological polar surface area (TPSA) is 491 Å². The van der Waals surface area contributed by atoms with Gasteiger partial charge in [-0.25, -0.2) is 0 Å². The first-order chi connectivity index (χ1) is 44.6. The molecule has 22 N–H and O–H groups in total. The van der Waals surface area contributed by atoms with Crippen LogP contribution in [0.25, 0.3) is 0 Å². The Balaban J connectivity index is 2.58. The number of guanidine groups is 1. The van der Waals surface area contributed by atoms with E-state index in [0.29, 0.717) is 31.2 Å². The van der Waals surface area contributed by atoms with Gasteiger partial charge in [0.2, 0.25) is 65.0 Å². The maximum absolute atomic E-state index is 14.7. The third-order valence-electron chi connectivity index (χ3n) is 15.5. The maximum Gasteiger partial charge on any atom is 0.245 e. The van der Waals surface area contributed by atoms with E-state index in [1.54, 1.807) is 24.4 Å². The number of carbonyl (C=O) groups excluding carboxylic acids is 11. The molecule has 1 aromatic carbocycles. The summed E-state index contributed by atoms with van der Waals surface area (Å²) in [5.41, 5.74) is 29.2. The molecule has 0 saturated heterocycles. The summed E-state index contributed by atoms with van der Waals surface area (Å²) in [6, 6.07) is -4.92. The number of unbranched alkanes of at least 4 members (excludes halogenated alkanes) is 1. The fraction of sp³-hybridized carbons (Fsp3) is 0.662. The zero-order valence-corrected chi connectivity index (χ0v) is 58.2. The third-order valence-corrected chi connectivity index (χ3v) is 16.4. The molecule has 0 aliphatic heterocycles. The van der Waals surface area contributed by atoms with Crippen molar-refractivity contribution in [3.8, 4) is 5.75 Å². The number of thiophene rings is 1. The van der Waals surface area contributed by atoms with Crippen molar-refractivity contribution >= 4 is 82.3 Å². The molecule has 1 aromatic heterocycles. The molecule has 13 unspecified atom stereocenters. The monoisotopic (exact) mass is 1350 g/mol. The molecule has 95 heavy (non-hydrogen) atoms. The number of benzene rings is 1. The molecule has 2 aromatic rings. The number of aliphatic hydroxyl groups excluding tert-OH is 1. The summed E-state index contributed by atoms with van der Waals surface area (Å²) in [6.45, 7) is 21.2. The normalized spacial score (nSPS) is 15.5. The SMILES string of the molecule is CCC(C)C(NC(=O)C(Cc1cccs1)NC(=O)C(CC(C)C)NC(=O)C(CC(C)C)NC(=O)C(CCCCN)NC(=O)C(CCCN=C(N)N)NC(=O)C(Cc1ccc(O)cc1)NC(=O)C(NC(=O)C(C)NC(=O)C(N)CC(C)C)C(C)O)C(=O)NC(CC(C)C)C(N)=O. The molecule has 0 aliphatic rings. The Labute approximate surface area is 563 Å². The van der Waals surface area contributed by atoms with Crippen LogP contribution < -0.4 is 81.8 Å². The predicted octanol–water partition coefficient (Wildman–Crippen LogP) is -0.287. The van der Waals surface area contributed by atoms with E-state index in [0.717, 1.165) is 4.88 Å². The predicted molar refractivity (Wildman–Crippen MR) is 364 cm³/mol. The molecule has 0 spiro atoms. The standard InChI is InChI=1S/C65H110N16O13S/c1-13-38(10)52(63(93)75-47(54(68)84)29-35(4)5)80-62(92)51(33-43-18-17-27-95-43)78-60(90)49(31-37(8)9)77-59(89)48(30-36(6)7)76-58(88)45(19-14-15-25-66)73-57(87)46(20-16-26-71-65(69)70)74-61(91)50(32-41-21-23-42(83)24-22-41)79-64(94)53(40(12)82)81-55(85)39(11)72-56(86)44(67)28-34(2)3/h17-18,21-24,27,34-40,44-53,82-83H,13-16,19-20,25-26,28-33,66-67H2,1-12H3,(H2,68,84)(H,72,86)(H,73,87)(H,74,91)(H,75,93)(H,76,88)(H,77,89)(H,78,90)(H,79,94)(H,80,92)(H,81,85)(H4,69,70,71). The number of nitrogens with one attached hydrogen (secondary N) is 10. The van der Waals surface area contributed by atoms with Crippen LogP contribution in [0, 0.1) is 29.6 Å². The minimum atomic E-state index is -1.68. The van der Waals surface area contributed by atoms with E-state index < -0.39 is 143 Å². The number of aliphatic imine (C=N–C) groups is 1. The number of aromatic hydroxyl groups is 1. The first kappa shape index (κ1) is 83.1. The van der Waals surface area contributed by atoms with Crippen molar-refractivity contribution in [1.29, 1.82) is 0 Å². The van der Waals surface area contributed by atoms with Gasteiger partial charge < -0.3 is 92.0 Å². The Hall–Kier alpha value is -7.96. The van der Waals surface area contributed by atoms with Crippen LogP contribution in [0.4, 0.5) is 0 Å². The third kappa shape index (κ3) is 31.4. The first-order valence-electron chi connectivity index (χ1n) is 32.9. The van der Waals surface area contributed by atoms with Crippen molar-refractivity contribution < 1.29 is 63.0 Å². The quantitative estimate of drug-likeness (QED) is 0.0230. The average Bonchev–Trinajstić information content (AvgIpc) is 1.16. The number of hydrogen-bond donors (Lipinski definition) is 17. The van der Waals surface area contributed by atoms with Crippen LogP contribution >= 0.6 is 11.3 Å². The number of primary amides is 1. The van der Waals surface area contributed by atoms with Crippen LogP contribution in [0.15, 0.2) is 46.8 Å². The van der Waals surface area contributed by atoms with Crippen molar-refractivity contribution in [3.63, 3.8) is 0 Å². The number of phenolic OH excluding ortho intramolecular Hbond substituents is 1. The fourth-order valence-corrected chi connectivity index (χ4v) is 10.9. The highest BCUT2D eigenvalue weighted by atomic mass is 32.1. The number of aliphatic hydroxyl groups is 1. The molecule has 1 heterocycles. The van der Waals surface area contributed by atoms with Gasteiger partial charge in [-0.3, -0.25) is 57.7 Å². The van der Waals surface area contributed by atoms with Gasteiger partial charge in [-0.05, 0) is 137 Å². The van der Waals surface area contributed by atoms with Crippen LogP contribution in [0.3, 0.4) is 0 Å². The number of hydrogen-bond acceptors (Lipinski definition) is 17. The summed E-state index contributed by atoms with van der Waals surface area (Å²) in [5, 5.41) is 49.6. The van der Waals surface area contributed by atoms with Gasteiger partial charge in [-0.2, -0.15) is 0 Å². The van der Waals surface area contributed by atoms with Gasteiger partial charge in [0.25, 0.3) is 0 Å². The van der Waals surface area contributed by atoms with Crippen molar-refractivity contribution in [1.82, 2.24) is 53.2 Å². The van der Waals surface area contributed by atoms with Gasteiger partial charge in [0.15, 0.2) is 5.96 Å². The van der Waals surface area contributed by atoms with Gasteiger partial charge in [-0.1, -0.05) is 93.9 Å². The fourth-order valence-electron chi connectivity index (χ4n) is 10.1. The van der Waals surface area contributed by atoms with Crippen molar-refractivity contribution in [2.24, 2.45) is 63.3 Å². The molecule has 0 aliphatic carbocycles. The Morgan fingerprint density at radius 3 is 1.39 bits per heavy atom. The number of amides is 11. The lowest BCUT2D eigenvalue weighted by Gasteiger charge is -2.30. The highest BCUT2D eigenvalue weighted by Gasteiger charge is 2.38. The van der Waals surface area contributed by atoms with Gasteiger partial charge in [0.05, 0.1) is 12.1 Å². The largest absolute Gasteiger partial charge is 0.508 e. The Morgan fingerprint density at radius 1 is 0.484 bits per heavy atom. The summed E-state index contributed by atoms with van der Waals surface area (Å²) in [5.74, 6) is -9.80. The van der Waals surface area contributed by atoms with E-state index in [1.165, 1.54) is 49.4 Å². The van der Waals surface area contributed by atoms with E-state index in [9.17, 15) is 63.0 Å². The zero-order valence-electron chi connectivity index (χ0n) is 57.4. The van der Waals surface area contributed by atoms with Crippen molar-refractivity contribution in [2.75, 3.05) is 13.1 Å². The number of phenols is 1. The second kappa shape index (κ2) is 42.5. The molecule has 29 nitrogen and oxygen atoms in total. The van der Waals surface area contributed by atoms with Gasteiger partial charge >= 0.3 is 0 Å². The lowest BCUT2D eigenvalue weighted by atomic mass is 9.96. The lowest BCUT2D eigenvalue weighted by Crippen LogP contribution is -2.62. The number of rotatable bonds is 44. The van der Waals surface area contributed by atoms with Crippen molar-refractivity contribution in [3.05, 3.63) is 52.2 Å². The molecule has 2 rings (SSSR count). The Kier molecular flexibility index (Phi) is 37.2. The highest BCUT2D eigenvalue weighted by molar-refractivity contribution is 7.09. The van der Waals surface area contributed by atoms with Crippen LogP contribution in [-0.2, 0) is 65.6 Å². The summed E-state index contributed by atoms with van der Waals surface area (Å²) in [4.78, 5) is 159. The minimum Gasteiger partial charge on any atom is -0.508 e. The molecule has 534 valence electrons. The second-order valence-electron chi connectivity index (χ2n) is 26.2. The molecule has 11 amide bonds. The molecule has 30 heteroatoms. The van der Waals surface area contributed by atoms with E-state index in [4.69, 9.17) is 28.7 Å². The van der Waals surface area contributed by atoms with E-state index in [-0.39, 0.29) is 99.8 Å². The maximum atomic E-state index is 14.7. The molecule has 13 atom stereocenters. The summed E-state index contributed by atoms with van der Waals surface area (Å²) < 4.78 is 0. The van der Waals surface area contributed by atoms with E-state index >= 15 is 0 Å². The van der Waals surface area contributed by atoms with Crippen LogP contribution in [0.2, 0.25) is 0 Å². The lowest BCUT2D eigenvalue weighted by molar-refractivity contribution is -0.137. The minimum absolute atomic E-state index is 0.00412. The van der Waals surface area contributed by atoms with E-state index in [1.807, 2.05) is 62.3 Å². The summed E-state index contributed by atoms with van der Waals surface area (Å²) in [6.07, 6.45) is 0.0463. The molecule has 0 saturated carbocycles. The van der Waals surface area contributed by atoms with Crippen LogP contribution in [0.1, 0.15) is 158 Å². The van der Waals surface area contributed by atoms with Gasteiger partial charge in [0.1, 0.15) is 66.2 Å². The second-order valence-corrected chi connectivity index (χ2v) is 27.2. The van der Waals surface area contributed by atoms with E-state index in [2.05, 4.69) is 58.2 Å². The molecular formula is C65H110N16O13S. The molecule has 0 fully saturated rings. The zero-order chi connectivity index (χ0) is 71.8. The van der Waals surface area contributed by atoms with Crippen molar-refractivity contribution in [2.45, 2.75) is 233 Å². The first-order valence-corrected chi connectivity index (χ1v) is 33.8. The molecule has 0 bridgehead atoms. The number of nitrogens with two attached hydrogens (primary N) is 5. The van der Waals surface area contributed by atoms with Crippen LogP contribution in [-0.4, -0.2) is 167 Å². The number of carbonyl (C=O) groups is 11. The molecule has 0 radical (unpaired) electrons. The smallest absolute Gasteiger partial charge is 0.245 e. The summed E-state index contributed by atoms with van der Waals surface area (Å²) >= 11 is 1.34. The Bertz CT molecular complexity index is 2820. The van der Waals surface area contributed by atoms with Crippen LogP contribution in [0.5, 0.6) is 5.75 Å². The molecular weight excluding hydrogens is 1240 g/mol.